The van der Waals surface area contributed by atoms with Gasteiger partial charge in [0.2, 0.25) is 0 Å². The first-order valence-corrected chi connectivity index (χ1v) is 8.04. The summed E-state index contributed by atoms with van der Waals surface area (Å²) in [6.45, 7) is 0. The number of aliphatic hydroxyl groups excluding tert-OH is 1. The predicted molar refractivity (Wildman–Crippen MR) is 77.1 cm³/mol. The van der Waals surface area contributed by atoms with Crippen LogP contribution in [0.5, 0.6) is 11.5 Å². The van der Waals surface area contributed by atoms with Gasteiger partial charge in [-0.1, -0.05) is 6.07 Å². The Morgan fingerprint density at radius 3 is 3.00 bits per heavy atom. The van der Waals surface area contributed by atoms with Gasteiger partial charge in [0.15, 0.2) is 11.5 Å². The van der Waals surface area contributed by atoms with Gasteiger partial charge in [0.05, 0.1) is 35.8 Å². The Labute approximate surface area is 128 Å². The number of rotatable bonds is 1. The summed E-state index contributed by atoms with van der Waals surface area (Å²) in [7, 11) is 3.75. The van der Waals surface area contributed by atoms with Crippen molar-refractivity contribution in [2.24, 2.45) is 0 Å². The summed E-state index contributed by atoms with van der Waals surface area (Å²) < 4.78 is 11.7. The molecular weight excluding hydrogens is 282 g/mol. The fourth-order valence-electron chi connectivity index (χ4n) is 6.62. The number of piperidine rings is 1. The quantitative estimate of drug-likeness (QED) is 0.740. The van der Waals surface area contributed by atoms with E-state index < -0.39 is 17.1 Å². The molecule has 116 valence electrons. The van der Waals surface area contributed by atoms with Crippen molar-refractivity contribution in [2.75, 3.05) is 14.2 Å². The van der Waals surface area contributed by atoms with E-state index in [0.29, 0.717) is 18.6 Å². The summed E-state index contributed by atoms with van der Waals surface area (Å²) >= 11 is 0. The molecule has 3 aliphatic carbocycles. The number of likely N-dealkylation sites (tertiary alicyclic amines) is 1. The van der Waals surface area contributed by atoms with Gasteiger partial charge in [0.25, 0.3) is 0 Å². The van der Waals surface area contributed by atoms with E-state index in [-0.39, 0.29) is 17.7 Å². The van der Waals surface area contributed by atoms with Crippen molar-refractivity contribution in [1.29, 1.82) is 0 Å². The van der Waals surface area contributed by atoms with E-state index in [0.717, 1.165) is 17.7 Å². The van der Waals surface area contributed by atoms with Crippen LogP contribution in [0.1, 0.15) is 30.4 Å². The van der Waals surface area contributed by atoms with Crippen LogP contribution in [0.15, 0.2) is 12.1 Å². The number of methoxy groups -OCH3 is 1. The van der Waals surface area contributed by atoms with E-state index in [1.165, 1.54) is 5.56 Å². The van der Waals surface area contributed by atoms with E-state index in [9.17, 15) is 10.2 Å². The SMILES string of the molecule is COc1ccc2c3c1OC1C(O)CCC4(O)C5N(C)C25CC314. The molecule has 0 radical (unpaired) electrons. The van der Waals surface area contributed by atoms with Gasteiger partial charge in [-0.25, -0.2) is 0 Å². The second-order valence-corrected chi connectivity index (χ2v) is 7.67. The maximum Gasteiger partial charge on any atom is 0.166 e. The lowest BCUT2D eigenvalue weighted by molar-refractivity contribution is -0.142. The third kappa shape index (κ3) is 0.817. The molecular formula is C17H19NO4. The maximum absolute atomic E-state index is 11.6. The fourth-order valence-corrected chi connectivity index (χ4v) is 6.62. The molecule has 3 fully saturated rings. The van der Waals surface area contributed by atoms with Gasteiger partial charge in [0.1, 0.15) is 6.10 Å². The van der Waals surface area contributed by atoms with Crippen LogP contribution < -0.4 is 9.47 Å². The van der Waals surface area contributed by atoms with Crippen LogP contribution in [0, 0.1) is 0 Å². The molecule has 22 heavy (non-hydrogen) atoms. The summed E-state index contributed by atoms with van der Waals surface area (Å²) in [5, 5.41) is 22.2. The first kappa shape index (κ1) is 12.2. The first-order valence-electron chi connectivity index (χ1n) is 8.04. The van der Waals surface area contributed by atoms with Crippen molar-refractivity contribution >= 4 is 0 Å². The van der Waals surface area contributed by atoms with Gasteiger partial charge in [-0.3, -0.25) is 4.90 Å². The molecule has 0 amide bonds. The van der Waals surface area contributed by atoms with E-state index in [4.69, 9.17) is 9.47 Å². The molecule has 5 aliphatic rings. The largest absolute Gasteiger partial charge is 0.493 e. The molecule has 2 spiro atoms. The topological polar surface area (TPSA) is 61.9 Å². The van der Waals surface area contributed by atoms with Crippen molar-refractivity contribution in [3.05, 3.63) is 23.3 Å². The molecule has 7 atom stereocenters. The Hall–Kier alpha value is -1.30. The summed E-state index contributed by atoms with van der Waals surface area (Å²) in [5.41, 5.74) is 1.07. The van der Waals surface area contributed by atoms with Crippen LogP contribution in [-0.4, -0.2) is 53.1 Å². The molecule has 5 nitrogen and oxygen atoms in total. The standard InChI is InChI=1S/C17H19NO4/c1-18-14-16(18)7-15-11-8(16)3-4-10(21-2)12(11)22-13(15)9(19)5-6-17(14,15)20/h3-4,9,13-14,19-20H,5-7H2,1-2H3. The molecule has 0 aromatic heterocycles. The number of benzene rings is 1. The van der Waals surface area contributed by atoms with E-state index in [1.54, 1.807) is 7.11 Å². The zero-order chi connectivity index (χ0) is 15.1. The molecule has 2 N–H and O–H groups in total. The second kappa shape index (κ2) is 3.03. The minimum atomic E-state index is -0.795. The molecule has 1 aromatic carbocycles. The third-order valence-electron chi connectivity index (χ3n) is 7.33. The average Bonchev–Trinajstić information content (AvgIpc) is 2.83. The number of ether oxygens (including phenoxy) is 2. The van der Waals surface area contributed by atoms with Crippen LogP contribution in [0.3, 0.4) is 0 Å². The van der Waals surface area contributed by atoms with Crippen LogP contribution >= 0.6 is 0 Å². The normalized spacial score (nSPS) is 54.7. The first-order chi connectivity index (χ1) is 10.5. The highest BCUT2D eigenvalue weighted by atomic mass is 16.5. The monoisotopic (exact) mass is 301 g/mol. The van der Waals surface area contributed by atoms with E-state index >= 15 is 0 Å². The number of fused-ring (bicyclic) bond motifs is 1. The van der Waals surface area contributed by atoms with Gasteiger partial charge in [-0.05, 0) is 37.9 Å². The van der Waals surface area contributed by atoms with Crippen molar-refractivity contribution in [1.82, 2.24) is 4.90 Å². The molecule has 5 heteroatoms. The van der Waals surface area contributed by atoms with Crippen molar-refractivity contribution in [3.8, 4) is 11.5 Å². The van der Waals surface area contributed by atoms with Crippen LogP contribution in [0.25, 0.3) is 0 Å². The Kier molecular flexibility index (Phi) is 1.67. The molecule has 2 bridgehead atoms. The lowest BCUT2D eigenvalue weighted by atomic mass is 9.59. The van der Waals surface area contributed by atoms with Crippen molar-refractivity contribution < 1.29 is 19.7 Å². The zero-order valence-corrected chi connectivity index (χ0v) is 12.7. The number of hydrogen-bond acceptors (Lipinski definition) is 5. The van der Waals surface area contributed by atoms with Gasteiger partial charge >= 0.3 is 0 Å². The number of likely N-dealkylation sites (N-methyl/N-ethyl adjacent to an activating group) is 1. The van der Waals surface area contributed by atoms with Crippen LogP contribution in [0.4, 0.5) is 0 Å². The zero-order valence-electron chi connectivity index (χ0n) is 12.7. The Balaban J connectivity index is 1.74. The highest BCUT2D eigenvalue weighted by Gasteiger charge is 2.90. The molecule has 2 saturated carbocycles. The predicted octanol–water partition coefficient (Wildman–Crippen LogP) is 0.506. The average molecular weight is 301 g/mol. The summed E-state index contributed by atoms with van der Waals surface area (Å²) in [5.74, 6) is 1.46. The van der Waals surface area contributed by atoms with Gasteiger partial charge in [-0.2, -0.15) is 0 Å². The van der Waals surface area contributed by atoms with Gasteiger partial charge < -0.3 is 19.7 Å². The lowest BCUT2D eigenvalue weighted by Crippen LogP contribution is -2.65. The summed E-state index contributed by atoms with van der Waals surface area (Å²) in [6, 6.07) is 4.26. The van der Waals surface area contributed by atoms with Gasteiger partial charge in [-0.15, -0.1) is 0 Å². The smallest absolute Gasteiger partial charge is 0.166 e. The highest BCUT2D eigenvalue weighted by Crippen LogP contribution is 2.81. The molecule has 1 saturated heterocycles. The number of aliphatic hydroxyl groups is 2. The Morgan fingerprint density at radius 2 is 2.23 bits per heavy atom. The third-order valence-corrected chi connectivity index (χ3v) is 7.33. The van der Waals surface area contributed by atoms with Crippen LogP contribution in [-0.2, 0) is 11.0 Å². The molecule has 7 unspecified atom stereocenters. The summed E-state index contributed by atoms with van der Waals surface area (Å²) in [6.07, 6.45) is 1.21. The maximum atomic E-state index is 11.6. The van der Waals surface area contributed by atoms with E-state index in [1.807, 2.05) is 6.07 Å². The molecule has 1 aromatic rings. The molecule has 6 rings (SSSR count). The summed E-state index contributed by atoms with van der Waals surface area (Å²) in [4.78, 5) is 2.31. The number of nitrogens with zero attached hydrogens (tertiary/aromatic N) is 1. The fraction of sp³-hybridized carbons (Fsp3) is 0.647. The van der Waals surface area contributed by atoms with Gasteiger partial charge in [0, 0.05) is 5.56 Å². The number of hydrogen-bond donors (Lipinski definition) is 2. The highest BCUT2D eigenvalue weighted by molar-refractivity contribution is 5.72. The molecule has 2 heterocycles. The lowest BCUT2D eigenvalue weighted by Gasteiger charge is -2.49. The minimum Gasteiger partial charge on any atom is -0.493 e. The Morgan fingerprint density at radius 1 is 1.41 bits per heavy atom. The van der Waals surface area contributed by atoms with Crippen LogP contribution in [0.2, 0.25) is 0 Å². The van der Waals surface area contributed by atoms with Crippen molar-refractivity contribution in [2.45, 2.75) is 54.1 Å². The Bertz CT molecular complexity index is 750. The van der Waals surface area contributed by atoms with Crippen molar-refractivity contribution in [3.63, 3.8) is 0 Å². The second-order valence-electron chi connectivity index (χ2n) is 7.67. The molecule has 2 aliphatic heterocycles. The minimum absolute atomic E-state index is 0.0583. The van der Waals surface area contributed by atoms with E-state index in [2.05, 4.69) is 18.0 Å².